The molecule has 8 nitrogen and oxygen atoms in total. The van der Waals surface area contributed by atoms with Crippen LogP contribution < -0.4 is 16.2 Å². The van der Waals surface area contributed by atoms with Crippen LogP contribution in [0.1, 0.15) is 13.3 Å². The summed E-state index contributed by atoms with van der Waals surface area (Å²) in [5.74, 6) is 0.483. The monoisotopic (exact) mass is 282 g/mol. The lowest BCUT2D eigenvalue weighted by Crippen LogP contribution is -2.17. The highest BCUT2D eigenvalue weighted by Crippen LogP contribution is 2.26. The molecule has 2 aromatic rings. The van der Waals surface area contributed by atoms with Crippen molar-refractivity contribution in [2.24, 2.45) is 0 Å². The number of nitrogens with two attached hydrogens (primary N) is 1. The number of methoxy groups -OCH3 is 1. The molecule has 0 aliphatic rings. The third kappa shape index (κ3) is 3.05. The normalized spacial score (nSPS) is 10.6. The van der Waals surface area contributed by atoms with E-state index < -0.39 is 0 Å². The first-order valence-electron chi connectivity index (χ1n) is 5.65. The zero-order valence-corrected chi connectivity index (χ0v) is 11.4. The van der Waals surface area contributed by atoms with E-state index in [9.17, 15) is 4.79 Å². The fraction of sp³-hybridized carbons (Fsp3) is 0.400. The van der Waals surface area contributed by atoms with Gasteiger partial charge in [-0.2, -0.15) is 4.98 Å². The summed E-state index contributed by atoms with van der Waals surface area (Å²) in [6.45, 7) is 2.58. The smallest absolute Gasteiger partial charge is 0.343 e. The first-order valence-corrected chi connectivity index (χ1v) is 6.47. The third-order valence-electron chi connectivity index (χ3n) is 2.27. The predicted octanol–water partition coefficient (Wildman–Crippen LogP) is 0.513. The van der Waals surface area contributed by atoms with Crippen molar-refractivity contribution in [1.29, 1.82) is 0 Å². The van der Waals surface area contributed by atoms with E-state index in [2.05, 4.69) is 20.2 Å². The van der Waals surface area contributed by atoms with Crippen LogP contribution in [0.5, 0.6) is 5.88 Å². The Bertz CT molecular complexity index is 623. The fourth-order valence-corrected chi connectivity index (χ4v) is 2.33. The molecule has 0 aliphatic heterocycles. The molecule has 19 heavy (non-hydrogen) atoms. The van der Waals surface area contributed by atoms with Crippen LogP contribution in [0.4, 0.5) is 5.95 Å². The van der Waals surface area contributed by atoms with Crippen molar-refractivity contribution < 1.29 is 4.74 Å². The standard InChI is InChI=1S/C10H14N6O2S/c1-3-4-16-9(17)14-15-10(16)19-7-5-6(18-2)12-8(11)13-7/h5H,3-4H2,1-2H3,(H,14,17)(H2,11,12,13). The van der Waals surface area contributed by atoms with E-state index in [-0.39, 0.29) is 11.6 Å². The van der Waals surface area contributed by atoms with Crippen LogP contribution >= 0.6 is 11.8 Å². The fourth-order valence-electron chi connectivity index (χ4n) is 1.47. The lowest BCUT2D eigenvalue weighted by molar-refractivity contribution is 0.396. The Balaban J connectivity index is 2.30. The highest BCUT2D eigenvalue weighted by atomic mass is 32.2. The van der Waals surface area contributed by atoms with Gasteiger partial charge in [0.2, 0.25) is 11.8 Å². The molecule has 0 fully saturated rings. The summed E-state index contributed by atoms with van der Waals surface area (Å²) in [4.78, 5) is 19.5. The van der Waals surface area contributed by atoms with Gasteiger partial charge < -0.3 is 10.5 Å². The minimum Gasteiger partial charge on any atom is -0.481 e. The van der Waals surface area contributed by atoms with Gasteiger partial charge >= 0.3 is 5.69 Å². The van der Waals surface area contributed by atoms with Crippen LogP contribution in [0, 0.1) is 0 Å². The number of nitrogens with one attached hydrogen (secondary N) is 1. The number of aromatic amines is 1. The lowest BCUT2D eigenvalue weighted by atomic mass is 10.5. The second kappa shape index (κ2) is 5.74. The summed E-state index contributed by atoms with van der Waals surface area (Å²) in [6, 6.07) is 1.64. The van der Waals surface area contributed by atoms with Crippen LogP contribution in [-0.2, 0) is 6.54 Å². The van der Waals surface area contributed by atoms with Gasteiger partial charge in [0.05, 0.1) is 7.11 Å². The maximum Gasteiger partial charge on any atom is 0.343 e. The topological polar surface area (TPSA) is 112 Å². The van der Waals surface area contributed by atoms with Crippen LogP contribution in [-0.4, -0.2) is 31.8 Å². The Hall–Kier alpha value is -2.03. The predicted molar refractivity (Wildman–Crippen MR) is 70.3 cm³/mol. The summed E-state index contributed by atoms with van der Waals surface area (Å²) in [7, 11) is 1.50. The Morgan fingerprint density at radius 2 is 2.32 bits per heavy atom. The van der Waals surface area contributed by atoms with Crippen molar-refractivity contribution in [3.05, 3.63) is 16.6 Å². The first-order chi connectivity index (χ1) is 9.13. The van der Waals surface area contributed by atoms with E-state index in [0.717, 1.165) is 6.42 Å². The van der Waals surface area contributed by atoms with E-state index in [4.69, 9.17) is 10.5 Å². The number of aromatic nitrogens is 5. The minimum absolute atomic E-state index is 0.113. The zero-order chi connectivity index (χ0) is 13.8. The SMILES string of the molecule is CCCn1c(Sc2cc(OC)nc(N)n2)n[nH]c1=O. The van der Waals surface area contributed by atoms with Gasteiger partial charge in [0.25, 0.3) is 0 Å². The maximum absolute atomic E-state index is 11.6. The number of hydrogen-bond donors (Lipinski definition) is 2. The molecule has 2 heterocycles. The quantitative estimate of drug-likeness (QED) is 0.768. The van der Waals surface area contributed by atoms with Crippen molar-refractivity contribution in [3.8, 4) is 5.88 Å². The number of H-pyrrole nitrogens is 1. The van der Waals surface area contributed by atoms with Crippen molar-refractivity contribution >= 4 is 17.7 Å². The van der Waals surface area contributed by atoms with E-state index >= 15 is 0 Å². The van der Waals surface area contributed by atoms with E-state index in [1.165, 1.54) is 18.9 Å². The summed E-state index contributed by atoms with van der Waals surface area (Å²) < 4.78 is 6.57. The molecule has 2 aromatic heterocycles. The van der Waals surface area contributed by atoms with Crippen molar-refractivity contribution in [2.75, 3.05) is 12.8 Å². The van der Waals surface area contributed by atoms with Crippen molar-refractivity contribution in [2.45, 2.75) is 30.1 Å². The molecular weight excluding hydrogens is 268 g/mol. The molecule has 0 atom stereocenters. The number of nitrogens with zero attached hydrogens (tertiary/aromatic N) is 4. The highest BCUT2D eigenvalue weighted by Gasteiger charge is 2.11. The average molecular weight is 282 g/mol. The number of nitrogen functional groups attached to an aromatic ring is 1. The van der Waals surface area contributed by atoms with Crippen LogP contribution in [0.2, 0.25) is 0 Å². The molecule has 0 unspecified atom stereocenters. The number of rotatable bonds is 5. The van der Waals surface area contributed by atoms with Gasteiger partial charge in [0.15, 0.2) is 5.16 Å². The minimum atomic E-state index is -0.238. The van der Waals surface area contributed by atoms with Gasteiger partial charge in [-0.1, -0.05) is 6.92 Å². The van der Waals surface area contributed by atoms with Gasteiger partial charge in [-0.15, -0.1) is 5.10 Å². The van der Waals surface area contributed by atoms with E-state index in [1.807, 2.05) is 6.92 Å². The maximum atomic E-state index is 11.6. The molecule has 0 aliphatic carbocycles. The van der Waals surface area contributed by atoms with Gasteiger partial charge in [-0.3, -0.25) is 4.57 Å². The molecule has 2 rings (SSSR count). The molecule has 102 valence electrons. The van der Waals surface area contributed by atoms with Crippen LogP contribution in [0.3, 0.4) is 0 Å². The van der Waals surface area contributed by atoms with E-state index in [0.29, 0.717) is 22.6 Å². The Kier molecular flexibility index (Phi) is 4.05. The molecular formula is C10H14N6O2S. The number of anilines is 1. The van der Waals surface area contributed by atoms with Crippen molar-refractivity contribution in [3.63, 3.8) is 0 Å². The van der Waals surface area contributed by atoms with Gasteiger partial charge in [0.1, 0.15) is 5.03 Å². The van der Waals surface area contributed by atoms with E-state index in [1.54, 1.807) is 10.6 Å². The molecule has 0 radical (unpaired) electrons. The second-order valence-electron chi connectivity index (χ2n) is 3.67. The van der Waals surface area contributed by atoms with Crippen LogP contribution in [0.25, 0.3) is 0 Å². The van der Waals surface area contributed by atoms with Crippen molar-refractivity contribution in [1.82, 2.24) is 24.7 Å². The molecule has 0 aromatic carbocycles. The number of ether oxygens (including phenoxy) is 1. The number of hydrogen-bond acceptors (Lipinski definition) is 7. The molecule has 0 amide bonds. The Morgan fingerprint density at radius 1 is 1.53 bits per heavy atom. The van der Waals surface area contributed by atoms with Gasteiger partial charge in [0, 0.05) is 12.6 Å². The molecule has 9 heteroatoms. The van der Waals surface area contributed by atoms with Gasteiger partial charge in [-0.05, 0) is 18.2 Å². The summed E-state index contributed by atoms with van der Waals surface area (Å²) in [5, 5.41) is 7.48. The summed E-state index contributed by atoms with van der Waals surface area (Å²) >= 11 is 1.23. The molecule has 0 bridgehead atoms. The van der Waals surface area contributed by atoms with Gasteiger partial charge in [-0.25, -0.2) is 14.9 Å². The zero-order valence-electron chi connectivity index (χ0n) is 10.6. The summed E-state index contributed by atoms with van der Waals surface area (Å²) in [6.07, 6.45) is 0.836. The first kappa shape index (κ1) is 13.4. The second-order valence-corrected chi connectivity index (χ2v) is 4.66. The largest absolute Gasteiger partial charge is 0.481 e. The summed E-state index contributed by atoms with van der Waals surface area (Å²) in [5.41, 5.74) is 5.34. The van der Waals surface area contributed by atoms with Crippen LogP contribution in [0.15, 0.2) is 21.0 Å². The molecule has 0 saturated carbocycles. The lowest BCUT2D eigenvalue weighted by Gasteiger charge is -2.05. The molecule has 0 spiro atoms. The Labute approximate surface area is 113 Å². The highest BCUT2D eigenvalue weighted by molar-refractivity contribution is 7.99. The molecule has 0 saturated heterocycles. The Morgan fingerprint density at radius 3 is 3.00 bits per heavy atom. The average Bonchev–Trinajstić information content (AvgIpc) is 2.71. The third-order valence-corrected chi connectivity index (χ3v) is 3.18. The molecule has 3 N–H and O–H groups in total.